The summed E-state index contributed by atoms with van der Waals surface area (Å²) in [6, 6.07) is 16.1. The number of thiazole rings is 2. The quantitative estimate of drug-likeness (QED) is 0.186. The highest BCUT2D eigenvalue weighted by Crippen LogP contribution is 2.32. The molecule has 13 heteroatoms. The number of fused-ring (bicyclic) bond motifs is 2. The molecule has 0 radical (unpaired) electrons. The lowest BCUT2D eigenvalue weighted by Gasteiger charge is -2.07. The molecule has 3 heterocycles. The molecule has 5 rings (SSSR count). The van der Waals surface area contributed by atoms with Crippen LogP contribution in [0.3, 0.4) is 0 Å². The van der Waals surface area contributed by atoms with E-state index >= 15 is 0 Å². The van der Waals surface area contributed by atoms with Crippen LogP contribution < -0.4 is 10.6 Å². The lowest BCUT2D eigenvalue weighted by molar-refractivity contribution is -0.114. The Kier molecular flexibility index (Phi) is 7.94. The zero-order valence-corrected chi connectivity index (χ0v) is 22.9. The van der Waals surface area contributed by atoms with Crippen molar-refractivity contribution in [3.63, 3.8) is 0 Å². The molecule has 0 saturated carbocycles. The number of thioether (sulfide) groups is 2. The zero-order valence-electron chi connectivity index (χ0n) is 18.2. The summed E-state index contributed by atoms with van der Waals surface area (Å²) in [5, 5.41) is 6.76. The second kappa shape index (κ2) is 11.3. The standard InChI is InChI=1S/C23H15Cl2N5O2S4/c24-12-4-6-16-14(8-12)26-22(35-16)33-10-20(31)29-18-2-1-3-19(28-18)30-21(32)11-34-23-27-15-9-13(25)5-7-17(15)36-23/h1-9H,10-11H2,(H2,28,29,30,31,32). The summed E-state index contributed by atoms with van der Waals surface area (Å²) < 4.78 is 3.59. The number of hydrogen-bond donors (Lipinski definition) is 2. The Balaban J connectivity index is 1.12. The third kappa shape index (κ3) is 6.47. The van der Waals surface area contributed by atoms with Gasteiger partial charge in [-0.05, 0) is 48.5 Å². The molecule has 0 aliphatic heterocycles. The minimum absolute atomic E-state index is 0.176. The average Bonchev–Trinajstić information content (AvgIpc) is 3.44. The minimum atomic E-state index is -0.222. The molecule has 0 spiro atoms. The smallest absolute Gasteiger partial charge is 0.235 e. The number of aromatic nitrogens is 3. The van der Waals surface area contributed by atoms with E-state index in [1.54, 1.807) is 30.3 Å². The third-order valence-corrected chi connectivity index (χ3v) is 9.43. The Morgan fingerprint density at radius 3 is 1.67 bits per heavy atom. The molecular formula is C23H15Cl2N5O2S4. The number of amides is 2. The molecule has 0 unspecified atom stereocenters. The first-order valence-electron chi connectivity index (χ1n) is 10.4. The Morgan fingerprint density at radius 1 is 0.722 bits per heavy atom. The van der Waals surface area contributed by atoms with Crippen molar-refractivity contribution < 1.29 is 9.59 Å². The van der Waals surface area contributed by atoms with Gasteiger partial charge in [0.25, 0.3) is 0 Å². The first-order valence-corrected chi connectivity index (χ1v) is 14.7. The summed E-state index contributed by atoms with van der Waals surface area (Å²) in [5.74, 6) is 0.612. The second-order valence-electron chi connectivity index (χ2n) is 7.27. The van der Waals surface area contributed by atoms with Gasteiger partial charge in [0.2, 0.25) is 11.8 Å². The van der Waals surface area contributed by atoms with Crippen LogP contribution in [0, 0.1) is 0 Å². The summed E-state index contributed by atoms with van der Waals surface area (Å²) >= 11 is 17.7. The number of halogens is 2. The highest BCUT2D eigenvalue weighted by atomic mass is 35.5. The molecule has 0 bridgehead atoms. The topological polar surface area (TPSA) is 96.9 Å². The largest absolute Gasteiger partial charge is 0.310 e. The molecule has 0 fully saturated rings. The maximum absolute atomic E-state index is 12.4. The van der Waals surface area contributed by atoms with Gasteiger partial charge in [-0.3, -0.25) is 9.59 Å². The van der Waals surface area contributed by atoms with E-state index in [0.717, 1.165) is 29.1 Å². The molecule has 3 aromatic heterocycles. The molecule has 0 aliphatic rings. The second-order valence-corrected chi connectivity index (χ2v) is 12.6. The Morgan fingerprint density at radius 2 is 1.19 bits per heavy atom. The van der Waals surface area contributed by atoms with E-state index in [4.69, 9.17) is 23.2 Å². The summed E-state index contributed by atoms with van der Waals surface area (Å²) in [6.07, 6.45) is 0. The predicted molar refractivity (Wildman–Crippen MR) is 152 cm³/mol. The SMILES string of the molecule is O=C(CSc1nc2cc(Cl)ccc2s1)Nc1cccc(NC(=O)CSc2nc3cc(Cl)ccc3s2)n1. The molecule has 2 aromatic carbocycles. The number of pyridine rings is 1. The lowest BCUT2D eigenvalue weighted by Crippen LogP contribution is -2.17. The van der Waals surface area contributed by atoms with E-state index in [1.807, 2.05) is 24.3 Å². The first kappa shape index (κ1) is 25.2. The number of anilines is 2. The van der Waals surface area contributed by atoms with Crippen LogP contribution in [0.5, 0.6) is 0 Å². The Hall–Kier alpha value is -2.41. The van der Waals surface area contributed by atoms with Crippen molar-refractivity contribution >= 4 is 113 Å². The van der Waals surface area contributed by atoms with E-state index in [0.29, 0.717) is 21.7 Å². The fourth-order valence-corrected chi connectivity index (χ4v) is 7.10. The summed E-state index contributed by atoms with van der Waals surface area (Å²) in [4.78, 5) is 38.2. The Labute approximate surface area is 232 Å². The van der Waals surface area contributed by atoms with E-state index in [-0.39, 0.29) is 23.3 Å². The number of benzene rings is 2. The average molecular weight is 593 g/mol. The van der Waals surface area contributed by atoms with E-state index < -0.39 is 0 Å². The van der Waals surface area contributed by atoms with Gasteiger partial charge in [0.15, 0.2) is 8.68 Å². The van der Waals surface area contributed by atoms with Crippen molar-refractivity contribution in [2.24, 2.45) is 0 Å². The highest BCUT2D eigenvalue weighted by Gasteiger charge is 2.12. The molecule has 2 N–H and O–H groups in total. The van der Waals surface area contributed by atoms with Crippen LogP contribution in [-0.4, -0.2) is 38.3 Å². The van der Waals surface area contributed by atoms with Crippen molar-refractivity contribution in [2.45, 2.75) is 8.68 Å². The van der Waals surface area contributed by atoms with Crippen LogP contribution in [0.4, 0.5) is 11.6 Å². The van der Waals surface area contributed by atoms with Crippen LogP contribution in [0.1, 0.15) is 0 Å². The van der Waals surface area contributed by atoms with Crippen molar-refractivity contribution in [1.29, 1.82) is 0 Å². The highest BCUT2D eigenvalue weighted by molar-refractivity contribution is 8.02. The third-order valence-electron chi connectivity index (χ3n) is 4.60. The molecule has 36 heavy (non-hydrogen) atoms. The van der Waals surface area contributed by atoms with Crippen molar-refractivity contribution in [3.05, 3.63) is 64.6 Å². The van der Waals surface area contributed by atoms with Gasteiger partial charge in [0.05, 0.1) is 31.9 Å². The van der Waals surface area contributed by atoms with Crippen LogP contribution >= 0.6 is 69.4 Å². The van der Waals surface area contributed by atoms with Crippen molar-refractivity contribution in [2.75, 3.05) is 22.1 Å². The van der Waals surface area contributed by atoms with Gasteiger partial charge in [-0.1, -0.05) is 52.8 Å². The molecule has 0 atom stereocenters. The van der Waals surface area contributed by atoms with Crippen LogP contribution in [0.2, 0.25) is 10.0 Å². The van der Waals surface area contributed by atoms with E-state index in [2.05, 4.69) is 25.6 Å². The monoisotopic (exact) mass is 591 g/mol. The molecule has 2 amide bonds. The molecular weight excluding hydrogens is 577 g/mol. The van der Waals surface area contributed by atoms with Crippen LogP contribution in [0.25, 0.3) is 20.4 Å². The van der Waals surface area contributed by atoms with Gasteiger partial charge in [0, 0.05) is 10.0 Å². The van der Waals surface area contributed by atoms with Gasteiger partial charge in [0.1, 0.15) is 11.6 Å². The number of nitrogens with one attached hydrogen (secondary N) is 2. The zero-order chi connectivity index (χ0) is 25.1. The molecule has 7 nitrogen and oxygen atoms in total. The molecule has 0 saturated heterocycles. The maximum Gasteiger partial charge on any atom is 0.235 e. The number of hydrogen-bond acceptors (Lipinski definition) is 9. The van der Waals surface area contributed by atoms with Crippen LogP contribution in [0.15, 0.2) is 63.3 Å². The van der Waals surface area contributed by atoms with Gasteiger partial charge in [-0.2, -0.15) is 0 Å². The molecule has 5 aromatic rings. The maximum atomic E-state index is 12.4. The van der Waals surface area contributed by atoms with E-state index in [1.165, 1.54) is 46.2 Å². The van der Waals surface area contributed by atoms with Crippen molar-refractivity contribution in [1.82, 2.24) is 15.0 Å². The van der Waals surface area contributed by atoms with Gasteiger partial charge < -0.3 is 10.6 Å². The number of rotatable bonds is 8. The number of carbonyl (C=O) groups excluding carboxylic acids is 2. The van der Waals surface area contributed by atoms with Gasteiger partial charge >= 0.3 is 0 Å². The normalized spacial score (nSPS) is 11.2. The molecule has 182 valence electrons. The minimum Gasteiger partial charge on any atom is -0.310 e. The van der Waals surface area contributed by atoms with Gasteiger partial charge in [-0.15, -0.1) is 22.7 Å². The fourth-order valence-electron chi connectivity index (χ4n) is 3.07. The lowest BCUT2D eigenvalue weighted by atomic mass is 10.3. The molecule has 0 aliphatic carbocycles. The van der Waals surface area contributed by atoms with E-state index in [9.17, 15) is 9.59 Å². The predicted octanol–water partition coefficient (Wildman–Crippen LogP) is 7.07. The number of nitrogens with zero attached hydrogens (tertiary/aromatic N) is 3. The summed E-state index contributed by atoms with van der Waals surface area (Å²) in [7, 11) is 0. The summed E-state index contributed by atoms with van der Waals surface area (Å²) in [5.41, 5.74) is 1.62. The van der Waals surface area contributed by atoms with Crippen molar-refractivity contribution in [3.8, 4) is 0 Å². The fraction of sp³-hybridized carbons (Fsp3) is 0.0870. The van der Waals surface area contributed by atoms with Gasteiger partial charge in [-0.25, -0.2) is 15.0 Å². The Bertz CT molecular complexity index is 1480. The summed E-state index contributed by atoms with van der Waals surface area (Å²) in [6.45, 7) is 0. The first-order chi connectivity index (χ1) is 17.4. The number of carbonyl (C=O) groups is 2. The van der Waals surface area contributed by atoms with Crippen LogP contribution in [-0.2, 0) is 9.59 Å².